The standard InChI is InChI=1S/C24H24N2/c1-3-18(2)20-15-13-19(14-16-20)17-26-23-12-8-7-11-22(23)25-24(26)21-9-5-4-6-10-21/h4-16,18H,3,17H2,1-2H3. The van der Waals surface area contributed by atoms with E-state index in [1.165, 1.54) is 23.1 Å². The molecule has 1 atom stereocenters. The van der Waals surface area contributed by atoms with Crippen LogP contribution in [0, 0.1) is 0 Å². The van der Waals surface area contributed by atoms with Gasteiger partial charge in [0.1, 0.15) is 5.82 Å². The van der Waals surface area contributed by atoms with Crippen LogP contribution in [0.4, 0.5) is 0 Å². The maximum absolute atomic E-state index is 4.90. The van der Waals surface area contributed by atoms with Gasteiger partial charge < -0.3 is 4.57 Å². The van der Waals surface area contributed by atoms with Crippen LogP contribution in [0.15, 0.2) is 78.9 Å². The van der Waals surface area contributed by atoms with E-state index in [9.17, 15) is 0 Å². The molecule has 0 aliphatic heterocycles. The van der Waals surface area contributed by atoms with Gasteiger partial charge in [-0.15, -0.1) is 0 Å². The Kier molecular flexibility index (Phi) is 4.57. The number of para-hydroxylation sites is 2. The third-order valence-electron chi connectivity index (χ3n) is 5.19. The number of aromatic nitrogens is 2. The monoisotopic (exact) mass is 340 g/mol. The Bertz CT molecular complexity index is 998. The van der Waals surface area contributed by atoms with E-state index in [0.717, 1.165) is 23.4 Å². The lowest BCUT2D eigenvalue weighted by molar-refractivity contribution is 0.732. The number of fused-ring (bicyclic) bond motifs is 1. The van der Waals surface area contributed by atoms with Crippen molar-refractivity contribution < 1.29 is 0 Å². The molecule has 26 heavy (non-hydrogen) atoms. The first-order valence-corrected chi connectivity index (χ1v) is 9.35. The molecule has 2 nitrogen and oxygen atoms in total. The van der Waals surface area contributed by atoms with Gasteiger partial charge in [0.2, 0.25) is 0 Å². The molecule has 0 bridgehead atoms. The summed E-state index contributed by atoms with van der Waals surface area (Å²) in [4.78, 5) is 4.90. The molecular formula is C24H24N2. The second-order valence-electron chi connectivity index (χ2n) is 6.93. The second-order valence-corrected chi connectivity index (χ2v) is 6.93. The summed E-state index contributed by atoms with van der Waals surface area (Å²) >= 11 is 0. The van der Waals surface area contributed by atoms with E-state index in [1.54, 1.807) is 0 Å². The smallest absolute Gasteiger partial charge is 0.141 e. The average Bonchev–Trinajstić information content (AvgIpc) is 3.07. The van der Waals surface area contributed by atoms with E-state index in [-0.39, 0.29) is 0 Å². The van der Waals surface area contributed by atoms with Gasteiger partial charge in [-0.25, -0.2) is 4.98 Å². The molecule has 0 fully saturated rings. The second kappa shape index (κ2) is 7.17. The first-order valence-electron chi connectivity index (χ1n) is 9.35. The van der Waals surface area contributed by atoms with Gasteiger partial charge >= 0.3 is 0 Å². The minimum atomic E-state index is 0.609. The van der Waals surface area contributed by atoms with Crippen molar-refractivity contribution >= 4 is 11.0 Å². The van der Waals surface area contributed by atoms with Crippen LogP contribution >= 0.6 is 0 Å². The highest BCUT2D eigenvalue weighted by Gasteiger charge is 2.12. The van der Waals surface area contributed by atoms with Crippen LogP contribution in [0.1, 0.15) is 37.3 Å². The van der Waals surface area contributed by atoms with Gasteiger partial charge in [0.05, 0.1) is 11.0 Å². The summed E-state index contributed by atoms with van der Waals surface area (Å²) in [5, 5.41) is 0. The molecule has 1 aromatic heterocycles. The molecule has 0 aliphatic carbocycles. The molecule has 0 radical (unpaired) electrons. The van der Waals surface area contributed by atoms with Gasteiger partial charge in [0.25, 0.3) is 0 Å². The molecule has 2 heteroatoms. The maximum Gasteiger partial charge on any atom is 0.141 e. The van der Waals surface area contributed by atoms with Gasteiger partial charge in [-0.05, 0) is 35.6 Å². The molecule has 0 saturated heterocycles. The summed E-state index contributed by atoms with van der Waals surface area (Å²) in [6, 6.07) is 27.9. The molecule has 0 N–H and O–H groups in total. The number of imidazole rings is 1. The first kappa shape index (κ1) is 16.6. The van der Waals surface area contributed by atoms with E-state index in [1.807, 2.05) is 6.07 Å². The number of hydrogen-bond acceptors (Lipinski definition) is 1. The molecule has 0 saturated carbocycles. The summed E-state index contributed by atoms with van der Waals surface area (Å²) in [6.45, 7) is 5.35. The Morgan fingerprint density at radius 2 is 1.54 bits per heavy atom. The summed E-state index contributed by atoms with van der Waals surface area (Å²) in [5.41, 5.74) is 6.09. The predicted octanol–water partition coefficient (Wildman–Crippen LogP) is 6.27. The Morgan fingerprint density at radius 1 is 0.846 bits per heavy atom. The normalized spacial score (nSPS) is 12.4. The highest BCUT2D eigenvalue weighted by Crippen LogP contribution is 2.26. The molecule has 3 aromatic carbocycles. The zero-order valence-electron chi connectivity index (χ0n) is 15.4. The number of hydrogen-bond donors (Lipinski definition) is 0. The van der Waals surface area contributed by atoms with Crippen LogP contribution in [-0.2, 0) is 6.54 Å². The van der Waals surface area contributed by atoms with Crippen molar-refractivity contribution in [3.8, 4) is 11.4 Å². The fourth-order valence-corrected chi connectivity index (χ4v) is 3.41. The number of rotatable bonds is 5. The van der Waals surface area contributed by atoms with Crippen molar-refractivity contribution in [2.45, 2.75) is 32.7 Å². The van der Waals surface area contributed by atoms with E-state index in [2.05, 4.69) is 91.2 Å². The Balaban J connectivity index is 1.76. The minimum Gasteiger partial charge on any atom is -0.319 e. The van der Waals surface area contributed by atoms with Crippen LogP contribution in [-0.4, -0.2) is 9.55 Å². The third kappa shape index (κ3) is 3.15. The largest absolute Gasteiger partial charge is 0.319 e. The van der Waals surface area contributed by atoms with Crippen molar-refractivity contribution in [3.05, 3.63) is 90.0 Å². The lowest BCUT2D eigenvalue weighted by Gasteiger charge is -2.12. The highest BCUT2D eigenvalue weighted by molar-refractivity contribution is 5.80. The van der Waals surface area contributed by atoms with E-state index >= 15 is 0 Å². The van der Waals surface area contributed by atoms with Crippen LogP contribution in [0.2, 0.25) is 0 Å². The minimum absolute atomic E-state index is 0.609. The molecule has 1 unspecified atom stereocenters. The van der Waals surface area contributed by atoms with Gasteiger partial charge in [0.15, 0.2) is 0 Å². The topological polar surface area (TPSA) is 17.8 Å². The summed E-state index contributed by atoms with van der Waals surface area (Å²) < 4.78 is 2.32. The predicted molar refractivity (Wildman–Crippen MR) is 109 cm³/mol. The van der Waals surface area contributed by atoms with Crippen LogP contribution in [0.25, 0.3) is 22.4 Å². The van der Waals surface area contributed by atoms with Crippen LogP contribution in [0.5, 0.6) is 0 Å². The lowest BCUT2D eigenvalue weighted by Crippen LogP contribution is -2.02. The quantitative estimate of drug-likeness (QED) is 0.419. The van der Waals surface area contributed by atoms with Crippen molar-refractivity contribution in [2.75, 3.05) is 0 Å². The molecule has 4 rings (SSSR count). The van der Waals surface area contributed by atoms with Gasteiger partial charge in [-0.3, -0.25) is 0 Å². The Morgan fingerprint density at radius 3 is 2.27 bits per heavy atom. The molecule has 130 valence electrons. The van der Waals surface area contributed by atoms with Gasteiger partial charge in [0, 0.05) is 12.1 Å². The SMILES string of the molecule is CCC(C)c1ccc(Cn2c(-c3ccccc3)nc3ccccc32)cc1. The number of nitrogens with zero attached hydrogens (tertiary/aromatic N) is 2. The van der Waals surface area contributed by atoms with Crippen molar-refractivity contribution in [2.24, 2.45) is 0 Å². The summed E-state index contributed by atoms with van der Waals surface area (Å²) in [6.07, 6.45) is 1.17. The Hall–Kier alpha value is -2.87. The molecule has 0 spiro atoms. The third-order valence-corrected chi connectivity index (χ3v) is 5.19. The number of benzene rings is 3. The van der Waals surface area contributed by atoms with Crippen molar-refractivity contribution in [3.63, 3.8) is 0 Å². The van der Waals surface area contributed by atoms with Gasteiger partial charge in [-0.2, -0.15) is 0 Å². The molecule has 0 aliphatic rings. The van der Waals surface area contributed by atoms with Crippen molar-refractivity contribution in [1.29, 1.82) is 0 Å². The van der Waals surface area contributed by atoms with Gasteiger partial charge in [-0.1, -0.05) is 80.6 Å². The summed E-state index contributed by atoms with van der Waals surface area (Å²) in [5.74, 6) is 1.64. The highest BCUT2D eigenvalue weighted by atomic mass is 15.1. The molecule has 0 amide bonds. The van der Waals surface area contributed by atoms with E-state index in [4.69, 9.17) is 4.98 Å². The van der Waals surface area contributed by atoms with E-state index < -0.39 is 0 Å². The van der Waals surface area contributed by atoms with Crippen LogP contribution in [0.3, 0.4) is 0 Å². The Labute approximate surface area is 155 Å². The van der Waals surface area contributed by atoms with E-state index in [0.29, 0.717) is 5.92 Å². The maximum atomic E-state index is 4.90. The fraction of sp³-hybridized carbons (Fsp3) is 0.208. The zero-order valence-corrected chi connectivity index (χ0v) is 15.4. The first-order chi connectivity index (χ1) is 12.8. The molecular weight excluding hydrogens is 316 g/mol. The fourth-order valence-electron chi connectivity index (χ4n) is 3.41. The van der Waals surface area contributed by atoms with Crippen LogP contribution < -0.4 is 0 Å². The average molecular weight is 340 g/mol. The summed E-state index contributed by atoms with van der Waals surface area (Å²) in [7, 11) is 0. The molecule has 4 aromatic rings. The zero-order chi connectivity index (χ0) is 17.9. The molecule has 1 heterocycles. The van der Waals surface area contributed by atoms with Crippen molar-refractivity contribution in [1.82, 2.24) is 9.55 Å². The lowest BCUT2D eigenvalue weighted by atomic mass is 9.97.